The Labute approximate surface area is 97.1 Å². The first-order valence-electron chi connectivity index (χ1n) is 4.66. The molecule has 0 bridgehead atoms. The molecule has 0 aliphatic carbocycles. The van der Waals surface area contributed by atoms with Crippen molar-refractivity contribution < 1.29 is 19.4 Å². The number of aliphatic hydroxyl groups is 1. The molecule has 0 radical (unpaired) electrons. The molecular formula is C9H15IO4. The van der Waals surface area contributed by atoms with Gasteiger partial charge in [0.25, 0.3) is 0 Å². The Morgan fingerprint density at radius 1 is 1.79 bits per heavy atom. The first kappa shape index (κ1) is 12.2. The lowest BCUT2D eigenvalue weighted by atomic mass is 9.82. The number of halogens is 1. The Morgan fingerprint density at radius 2 is 2.50 bits per heavy atom. The maximum absolute atomic E-state index is 11.7. The highest BCUT2D eigenvalue weighted by Gasteiger charge is 2.48. The van der Waals surface area contributed by atoms with Crippen molar-refractivity contribution >= 4 is 28.6 Å². The van der Waals surface area contributed by atoms with Crippen LogP contribution in [0.25, 0.3) is 0 Å². The molecule has 2 atom stereocenters. The Kier molecular flexibility index (Phi) is 4.59. The summed E-state index contributed by atoms with van der Waals surface area (Å²) in [6, 6.07) is 0. The summed E-state index contributed by atoms with van der Waals surface area (Å²) in [6.45, 7) is 2.87. The van der Waals surface area contributed by atoms with Crippen LogP contribution < -0.4 is 0 Å². The molecule has 1 N–H and O–H groups in total. The number of rotatable bonds is 3. The topological polar surface area (TPSA) is 55.8 Å². The van der Waals surface area contributed by atoms with Crippen LogP contribution in [0.5, 0.6) is 0 Å². The number of ether oxygens (including phenoxy) is 2. The lowest BCUT2D eigenvalue weighted by molar-refractivity contribution is -0.173. The monoisotopic (exact) mass is 314 g/mol. The van der Waals surface area contributed by atoms with Crippen LogP contribution in [-0.4, -0.2) is 41.4 Å². The lowest BCUT2D eigenvalue weighted by Gasteiger charge is -2.37. The molecular weight excluding hydrogens is 299 g/mol. The Hall–Kier alpha value is 0.120. The van der Waals surface area contributed by atoms with Gasteiger partial charge in [-0.15, -0.1) is 0 Å². The maximum atomic E-state index is 11.7. The SMILES string of the molecule is CCOC(=O)[C@@]1(CI)COCC[C@H]1O. The minimum atomic E-state index is -0.852. The number of alkyl halides is 1. The molecule has 0 spiro atoms. The van der Waals surface area contributed by atoms with Crippen LogP contribution in [0.2, 0.25) is 0 Å². The standard InChI is InChI=1S/C9H15IO4/c1-2-14-8(12)9(5-10)6-13-4-3-7(9)11/h7,11H,2-6H2,1H3/t7-,9+/m1/s1. The van der Waals surface area contributed by atoms with Gasteiger partial charge in [0.1, 0.15) is 5.41 Å². The summed E-state index contributed by atoms with van der Waals surface area (Å²) in [5.41, 5.74) is -0.852. The second-order valence-corrected chi connectivity index (χ2v) is 4.13. The second-order valence-electron chi connectivity index (χ2n) is 3.37. The zero-order valence-electron chi connectivity index (χ0n) is 8.16. The van der Waals surface area contributed by atoms with Crippen LogP contribution in [0.3, 0.4) is 0 Å². The van der Waals surface area contributed by atoms with Crippen molar-refractivity contribution in [2.45, 2.75) is 19.4 Å². The summed E-state index contributed by atoms with van der Waals surface area (Å²) in [6.07, 6.45) is -0.144. The molecule has 14 heavy (non-hydrogen) atoms. The molecule has 1 aliphatic rings. The van der Waals surface area contributed by atoms with E-state index in [0.717, 1.165) is 0 Å². The highest BCUT2D eigenvalue weighted by molar-refractivity contribution is 14.1. The predicted molar refractivity (Wildman–Crippen MR) is 59.4 cm³/mol. The first-order valence-corrected chi connectivity index (χ1v) is 6.19. The second kappa shape index (κ2) is 5.27. The van der Waals surface area contributed by atoms with Crippen LogP contribution in [-0.2, 0) is 14.3 Å². The number of esters is 1. The van der Waals surface area contributed by atoms with Crippen LogP contribution in [0.15, 0.2) is 0 Å². The molecule has 1 saturated heterocycles. The van der Waals surface area contributed by atoms with E-state index in [2.05, 4.69) is 22.6 Å². The van der Waals surface area contributed by atoms with Gasteiger partial charge in [-0.2, -0.15) is 0 Å². The van der Waals surface area contributed by atoms with E-state index in [4.69, 9.17) is 9.47 Å². The number of aliphatic hydroxyl groups excluding tert-OH is 1. The third-order valence-corrected chi connectivity index (χ3v) is 3.81. The van der Waals surface area contributed by atoms with E-state index < -0.39 is 11.5 Å². The fourth-order valence-corrected chi connectivity index (χ4v) is 2.51. The summed E-state index contributed by atoms with van der Waals surface area (Å²) in [5.74, 6) is -0.346. The van der Waals surface area contributed by atoms with Gasteiger partial charge in [0.15, 0.2) is 0 Å². The maximum Gasteiger partial charge on any atom is 0.317 e. The van der Waals surface area contributed by atoms with Gasteiger partial charge in [-0.25, -0.2) is 0 Å². The number of carbonyl (C=O) groups excluding carboxylic acids is 1. The minimum absolute atomic E-state index is 0.260. The van der Waals surface area contributed by atoms with Gasteiger partial charge in [0.05, 0.1) is 19.3 Å². The van der Waals surface area contributed by atoms with Gasteiger partial charge in [-0.3, -0.25) is 4.79 Å². The molecule has 4 nitrogen and oxygen atoms in total. The zero-order chi connectivity index (χ0) is 10.6. The van der Waals surface area contributed by atoms with Crippen LogP contribution in [0.4, 0.5) is 0 Å². The van der Waals surface area contributed by atoms with Crippen molar-refractivity contribution in [2.75, 3.05) is 24.2 Å². The summed E-state index contributed by atoms with van der Waals surface area (Å²) in [4.78, 5) is 11.7. The van der Waals surface area contributed by atoms with Crippen molar-refractivity contribution in [3.8, 4) is 0 Å². The zero-order valence-corrected chi connectivity index (χ0v) is 10.3. The quantitative estimate of drug-likeness (QED) is 0.475. The molecule has 0 aromatic carbocycles. The van der Waals surface area contributed by atoms with E-state index in [-0.39, 0.29) is 12.6 Å². The predicted octanol–water partition coefficient (Wildman–Crippen LogP) is 0.752. The summed E-state index contributed by atoms with van der Waals surface area (Å²) in [5, 5.41) is 9.83. The van der Waals surface area contributed by atoms with Gasteiger partial charge < -0.3 is 14.6 Å². The summed E-state index contributed by atoms with van der Waals surface area (Å²) < 4.78 is 10.7. The van der Waals surface area contributed by atoms with Gasteiger partial charge in [-0.05, 0) is 13.3 Å². The average Bonchev–Trinajstić information content (AvgIpc) is 2.19. The highest BCUT2D eigenvalue weighted by atomic mass is 127. The number of carbonyl (C=O) groups is 1. The fourth-order valence-electron chi connectivity index (χ4n) is 1.47. The summed E-state index contributed by atoms with van der Waals surface area (Å²) in [7, 11) is 0. The molecule has 1 rings (SSSR count). The smallest absolute Gasteiger partial charge is 0.317 e. The summed E-state index contributed by atoms with van der Waals surface area (Å²) >= 11 is 2.09. The minimum Gasteiger partial charge on any atom is -0.465 e. The molecule has 1 fully saturated rings. The molecule has 0 amide bonds. The Bertz CT molecular complexity index is 209. The van der Waals surface area contributed by atoms with E-state index in [1.165, 1.54) is 0 Å². The highest BCUT2D eigenvalue weighted by Crippen LogP contribution is 2.32. The van der Waals surface area contributed by atoms with Crippen LogP contribution in [0.1, 0.15) is 13.3 Å². The molecule has 0 aromatic heterocycles. The van der Waals surface area contributed by atoms with Crippen molar-refractivity contribution in [3.63, 3.8) is 0 Å². The van der Waals surface area contributed by atoms with Crippen molar-refractivity contribution in [1.29, 1.82) is 0 Å². The molecule has 0 saturated carbocycles. The van der Waals surface area contributed by atoms with E-state index in [1.54, 1.807) is 6.92 Å². The molecule has 1 aliphatic heterocycles. The van der Waals surface area contributed by atoms with Gasteiger partial charge in [0.2, 0.25) is 0 Å². The normalized spacial score (nSPS) is 32.6. The van der Waals surface area contributed by atoms with Gasteiger partial charge in [-0.1, -0.05) is 22.6 Å². The van der Waals surface area contributed by atoms with Crippen LogP contribution >= 0.6 is 22.6 Å². The Balaban J connectivity index is 2.76. The average molecular weight is 314 g/mol. The fraction of sp³-hybridized carbons (Fsp3) is 0.889. The largest absolute Gasteiger partial charge is 0.465 e. The molecule has 0 unspecified atom stereocenters. The molecule has 0 aromatic rings. The van der Waals surface area contributed by atoms with E-state index in [1.807, 2.05) is 0 Å². The van der Waals surface area contributed by atoms with Crippen LogP contribution in [0, 0.1) is 5.41 Å². The first-order chi connectivity index (χ1) is 6.67. The van der Waals surface area contributed by atoms with Gasteiger partial charge in [0, 0.05) is 11.0 Å². The molecule has 82 valence electrons. The number of hydrogen-bond donors (Lipinski definition) is 1. The third kappa shape index (κ3) is 2.20. The van der Waals surface area contributed by atoms with Crippen molar-refractivity contribution in [2.24, 2.45) is 5.41 Å². The lowest BCUT2D eigenvalue weighted by Crippen LogP contribution is -2.52. The Morgan fingerprint density at radius 3 is 3.00 bits per heavy atom. The molecule has 1 heterocycles. The molecule has 5 heteroatoms. The van der Waals surface area contributed by atoms with Crippen molar-refractivity contribution in [3.05, 3.63) is 0 Å². The van der Waals surface area contributed by atoms with Crippen molar-refractivity contribution in [1.82, 2.24) is 0 Å². The van der Waals surface area contributed by atoms with E-state index in [0.29, 0.717) is 24.1 Å². The van der Waals surface area contributed by atoms with Gasteiger partial charge >= 0.3 is 5.97 Å². The number of hydrogen-bond acceptors (Lipinski definition) is 4. The third-order valence-electron chi connectivity index (χ3n) is 2.45. The van der Waals surface area contributed by atoms with E-state index in [9.17, 15) is 9.90 Å². The van der Waals surface area contributed by atoms with E-state index >= 15 is 0 Å².